The molecule has 4 aromatic rings. The molecule has 0 atom stereocenters. The molecular formula is C26H25F3N4O5S2. The average Bonchev–Trinajstić information content (AvgIpc) is 3.35. The number of amides is 1. The van der Waals surface area contributed by atoms with Crippen LogP contribution in [-0.4, -0.2) is 61.5 Å². The van der Waals surface area contributed by atoms with Crippen LogP contribution in [0.25, 0.3) is 10.9 Å². The first-order valence-corrected chi connectivity index (χ1v) is 13.5. The number of anilines is 1. The van der Waals surface area contributed by atoms with E-state index in [0.29, 0.717) is 57.7 Å². The molecule has 0 aliphatic carbocycles. The number of carbonyl (C=O) groups excluding carboxylic acids is 1. The molecule has 40 heavy (non-hydrogen) atoms. The Labute approximate surface area is 236 Å². The second kappa shape index (κ2) is 13.7. The highest BCUT2D eigenvalue weighted by Crippen LogP contribution is 2.38. The second-order valence-electron chi connectivity index (χ2n) is 8.17. The molecule has 0 saturated heterocycles. The van der Waals surface area contributed by atoms with E-state index in [1.807, 2.05) is 6.07 Å². The van der Waals surface area contributed by atoms with Gasteiger partial charge in [0.1, 0.15) is 24.6 Å². The molecule has 1 amide bonds. The highest BCUT2D eigenvalue weighted by molar-refractivity contribution is 8.01. The fourth-order valence-electron chi connectivity index (χ4n) is 3.42. The van der Waals surface area contributed by atoms with Crippen LogP contribution >= 0.6 is 23.1 Å². The number of alkyl halides is 3. The predicted octanol–water partition coefficient (Wildman–Crippen LogP) is 5.49. The van der Waals surface area contributed by atoms with Crippen LogP contribution in [0.4, 0.5) is 18.9 Å². The van der Waals surface area contributed by atoms with E-state index in [1.165, 1.54) is 41.6 Å². The van der Waals surface area contributed by atoms with Gasteiger partial charge in [-0.1, -0.05) is 0 Å². The number of benzene rings is 2. The molecule has 0 bridgehead atoms. The Morgan fingerprint density at radius 2 is 1.62 bits per heavy atom. The van der Waals surface area contributed by atoms with E-state index in [2.05, 4.69) is 20.3 Å². The Morgan fingerprint density at radius 1 is 0.950 bits per heavy atom. The molecule has 0 radical (unpaired) electrons. The molecule has 0 aliphatic heterocycles. The van der Waals surface area contributed by atoms with Crippen LogP contribution in [-0.2, 0) is 26.9 Å². The Morgan fingerprint density at radius 3 is 2.27 bits per heavy atom. The molecule has 2 heterocycles. The number of thiazole rings is 1. The number of carbonyl (C=O) groups is 1. The van der Waals surface area contributed by atoms with E-state index in [-0.39, 0.29) is 18.0 Å². The molecule has 2 aromatic carbocycles. The smallest absolute Gasteiger partial charge is 0.416 e. The van der Waals surface area contributed by atoms with Gasteiger partial charge in [0, 0.05) is 42.4 Å². The molecule has 4 rings (SSSR count). The molecule has 14 heteroatoms. The van der Waals surface area contributed by atoms with E-state index in [1.54, 1.807) is 26.5 Å². The number of ether oxygens (including phenoxy) is 4. The fourth-order valence-corrected chi connectivity index (χ4v) is 5.43. The third-order valence-electron chi connectivity index (χ3n) is 5.30. The van der Waals surface area contributed by atoms with Crippen LogP contribution in [0.15, 0.2) is 58.3 Å². The molecule has 212 valence electrons. The summed E-state index contributed by atoms with van der Waals surface area (Å²) in [5, 5.41) is 3.98. The summed E-state index contributed by atoms with van der Waals surface area (Å²) < 4.78 is 60.7. The summed E-state index contributed by atoms with van der Waals surface area (Å²) in [6, 6.07) is 7.86. The molecule has 9 nitrogen and oxygen atoms in total. The number of nitrogens with zero attached hydrogens (tertiary/aromatic N) is 3. The number of nitrogens with one attached hydrogen (secondary N) is 1. The van der Waals surface area contributed by atoms with Gasteiger partial charge in [-0.3, -0.25) is 4.79 Å². The van der Waals surface area contributed by atoms with Crippen LogP contribution < -0.4 is 14.8 Å². The van der Waals surface area contributed by atoms with Gasteiger partial charge in [-0.25, -0.2) is 15.0 Å². The number of hydrogen-bond donors (Lipinski definition) is 1. The van der Waals surface area contributed by atoms with Gasteiger partial charge in [0.05, 0.1) is 30.7 Å². The zero-order valence-electron chi connectivity index (χ0n) is 21.5. The van der Waals surface area contributed by atoms with Crippen molar-refractivity contribution in [3.05, 3.63) is 59.4 Å². The Bertz CT molecular complexity index is 1430. The van der Waals surface area contributed by atoms with Crippen molar-refractivity contribution in [2.75, 3.05) is 46.0 Å². The maximum atomic E-state index is 12.7. The van der Waals surface area contributed by atoms with Crippen LogP contribution in [0.5, 0.6) is 11.5 Å². The number of hydrogen-bond acceptors (Lipinski definition) is 10. The molecule has 0 unspecified atom stereocenters. The Hall–Kier alpha value is -3.46. The van der Waals surface area contributed by atoms with Crippen molar-refractivity contribution < 1.29 is 36.9 Å². The van der Waals surface area contributed by atoms with Gasteiger partial charge in [0.15, 0.2) is 15.8 Å². The first kappa shape index (κ1) is 29.5. The summed E-state index contributed by atoms with van der Waals surface area (Å²) in [7, 11) is 3.18. The SMILES string of the molecule is COCCOc1cc2ncnc(Sc3ncc(CC(=O)Nc4ccc(C(F)(F)F)cc4)s3)c2cc1OCCOC. The van der Waals surface area contributed by atoms with Gasteiger partial charge in [0.2, 0.25) is 5.91 Å². The van der Waals surface area contributed by atoms with Crippen molar-refractivity contribution in [3.8, 4) is 11.5 Å². The van der Waals surface area contributed by atoms with Crippen molar-refractivity contribution in [2.45, 2.75) is 22.0 Å². The lowest BCUT2D eigenvalue weighted by atomic mass is 10.2. The van der Waals surface area contributed by atoms with E-state index >= 15 is 0 Å². The van der Waals surface area contributed by atoms with Gasteiger partial charge in [0.25, 0.3) is 0 Å². The minimum absolute atomic E-state index is 0.0173. The number of methoxy groups -OCH3 is 2. The Kier molecular flexibility index (Phi) is 10.1. The van der Waals surface area contributed by atoms with Crippen molar-refractivity contribution in [3.63, 3.8) is 0 Å². The van der Waals surface area contributed by atoms with E-state index in [0.717, 1.165) is 17.5 Å². The number of fused-ring (bicyclic) bond motifs is 1. The lowest BCUT2D eigenvalue weighted by Crippen LogP contribution is -2.14. The lowest BCUT2D eigenvalue weighted by Gasteiger charge is -2.14. The number of halogens is 3. The van der Waals surface area contributed by atoms with Crippen molar-refractivity contribution in [1.82, 2.24) is 15.0 Å². The number of rotatable bonds is 13. The maximum absolute atomic E-state index is 12.7. The standard InChI is InChI=1S/C26H25F3N4O5S2/c1-35-7-9-37-21-12-19-20(13-22(21)38-10-8-36-2)31-15-32-24(19)40-25-30-14-18(39-25)11-23(34)33-17-5-3-16(4-6-17)26(27,28)29/h3-6,12-15H,7-11H2,1-2H3,(H,33,34). The van der Waals surface area contributed by atoms with Crippen LogP contribution in [0.3, 0.4) is 0 Å². The summed E-state index contributed by atoms with van der Waals surface area (Å²) in [6.07, 6.45) is -1.39. The van der Waals surface area contributed by atoms with Gasteiger partial charge in [-0.15, -0.1) is 11.3 Å². The van der Waals surface area contributed by atoms with Crippen molar-refractivity contribution >= 4 is 45.6 Å². The fraction of sp³-hybridized carbons (Fsp3) is 0.308. The van der Waals surface area contributed by atoms with Crippen LogP contribution in [0.2, 0.25) is 0 Å². The highest BCUT2D eigenvalue weighted by Gasteiger charge is 2.30. The average molecular weight is 595 g/mol. The molecule has 0 spiro atoms. The zero-order chi connectivity index (χ0) is 28.5. The quantitative estimate of drug-likeness (QED) is 0.159. The summed E-state index contributed by atoms with van der Waals surface area (Å²) in [5.41, 5.74) is 0.144. The summed E-state index contributed by atoms with van der Waals surface area (Å²) in [4.78, 5) is 26.3. The zero-order valence-corrected chi connectivity index (χ0v) is 23.1. The summed E-state index contributed by atoms with van der Waals surface area (Å²) in [5.74, 6) is 0.661. The first-order chi connectivity index (χ1) is 19.3. The number of aromatic nitrogens is 3. The van der Waals surface area contributed by atoms with E-state index < -0.39 is 11.7 Å². The first-order valence-electron chi connectivity index (χ1n) is 11.9. The molecular weight excluding hydrogens is 569 g/mol. The summed E-state index contributed by atoms with van der Waals surface area (Å²) >= 11 is 2.63. The summed E-state index contributed by atoms with van der Waals surface area (Å²) in [6.45, 7) is 1.47. The van der Waals surface area contributed by atoms with Gasteiger partial charge < -0.3 is 24.3 Å². The largest absolute Gasteiger partial charge is 0.487 e. The molecule has 0 fully saturated rings. The Balaban J connectivity index is 1.46. The van der Waals surface area contributed by atoms with Crippen LogP contribution in [0, 0.1) is 0 Å². The topological polar surface area (TPSA) is 105 Å². The molecule has 1 N–H and O–H groups in total. The van der Waals surface area contributed by atoms with E-state index in [4.69, 9.17) is 18.9 Å². The molecule has 0 aliphatic rings. The molecule has 0 saturated carbocycles. The third kappa shape index (κ3) is 8.03. The molecule has 2 aromatic heterocycles. The van der Waals surface area contributed by atoms with Crippen LogP contribution in [0.1, 0.15) is 10.4 Å². The minimum atomic E-state index is -4.44. The monoisotopic (exact) mass is 594 g/mol. The predicted molar refractivity (Wildman–Crippen MR) is 144 cm³/mol. The normalized spacial score (nSPS) is 11.5. The second-order valence-corrected chi connectivity index (χ2v) is 10.5. The van der Waals surface area contributed by atoms with Crippen molar-refractivity contribution in [2.24, 2.45) is 0 Å². The van der Waals surface area contributed by atoms with E-state index in [9.17, 15) is 18.0 Å². The minimum Gasteiger partial charge on any atom is -0.487 e. The lowest BCUT2D eigenvalue weighted by molar-refractivity contribution is -0.137. The third-order valence-corrected chi connectivity index (χ3v) is 7.39. The van der Waals surface area contributed by atoms with Crippen molar-refractivity contribution in [1.29, 1.82) is 0 Å². The maximum Gasteiger partial charge on any atom is 0.416 e. The van der Waals surface area contributed by atoms with Gasteiger partial charge in [-0.05, 0) is 42.1 Å². The van der Waals surface area contributed by atoms with Gasteiger partial charge >= 0.3 is 6.18 Å². The van der Waals surface area contributed by atoms with Gasteiger partial charge in [-0.2, -0.15) is 13.2 Å². The highest BCUT2D eigenvalue weighted by atomic mass is 32.2.